The molecular formula is C38H68N2O5S. The van der Waals surface area contributed by atoms with Crippen LogP contribution in [-0.2, 0) is 27.8 Å². The number of quaternary nitrogens is 2. The third kappa shape index (κ3) is 21.9. The second-order valence-corrected chi connectivity index (χ2v) is 13.9. The Morgan fingerprint density at radius 2 is 0.717 bits per heavy atom. The number of hydrogen-bond donors (Lipinski definition) is 0. The molecule has 0 spiro atoms. The van der Waals surface area contributed by atoms with E-state index in [-0.39, 0.29) is 0 Å². The Morgan fingerprint density at radius 1 is 0.500 bits per heavy atom. The normalized spacial score (nSPS) is 11.7. The Hall–Kier alpha value is -1.81. The molecule has 0 radical (unpaired) electrons. The summed E-state index contributed by atoms with van der Waals surface area (Å²) < 4.78 is 31.4. The fourth-order valence-electron chi connectivity index (χ4n) is 6.05. The molecule has 0 aliphatic rings. The minimum atomic E-state index is -4.97. The van der Waals surface area contributed by atoms with Crippen molar-refractivity contribution in [2.75, 3.05) is 39.3 Å². The molecule has 0 aromatic heterocycles. The third-order valence-corrected chi connectivity index (χ3v) is 8.89. The van der Waals surface area contributed by atoms with E-state index in [1.54, 1.807) is 0 Å². The summed E-state index contributed by atoms with van der Waals surface area (Å²) in [4.78, 5) is 0. The van der Waals surface area contributed by atoms with Gasteiger partial charge in [0.2, 0.25) is 10.4 Å². The summed E-state index contributed by atoms with van der Waals surface area (Å²) in [5.41, 5.74) is 3.02. The lowest BCUT2D eigenvalue weighted by Gasteiger charge is -2.39. The molecule has 0 saturated heterocycles. The van der Waals surface area contributed by atoms with Crippen molar-refractivity contribution < 1.29 is 31.5 Å². The summed E-state index contributed by atoms with van der Waals surface area (Å²) in [6.07, 6.45) is 16.0. The van der Waals surface area contributed by atoms with Crippen LogP contribution in [0.15, 0.2) is 60.7 Å². The van der Waals surface area contributed by atoms with Gasteiger partial charge in [-0.05, 0) is 38.5 Å². The topological polar surface area (TPSA) is 89.5 Å². The Labute approximate surface area is 284 Å². The summed E-state index contributed by atoms with van der Waals surface area (Å²) in [6.45, 7) is 24.5. The van der Waals surface area contributed by atoms with E-state index >= 15 is 0 Å². The van der Waals surface area contributed by atoms with Crippen molar-refractivity contribution in [2.24, 2.45) is 0 Å². The molecular weight excluding hydrogens is 596 g/mol. The number of hydrogen-bond acceptors (Lipinski definition) is 5. The van der Waals surface area contributed by atoms with Gasteiger partial charge in [-0.1, -0.05) is 141 Å². The maximum Gasteiger partial charge on any atom is 0.208 e. The molecule has 8 heteroatoms. The van der Waals surface area contributed by atoms with Crippen molar-refractivity contribution in [3.63, 3.8) is 0 Å². The lowest BCUT2D eigenvalue weighted by molar-refractivity contribution is -0.941. The Bertz CT molecular complexity index is 938. The molecule has 2 aromatic carbocycles. The molecule has 0 atom stereocenters. The minimum Gasteiger partial charge on any atom is -0.726 e. The highest BCUT2D eigenvalue weighted by Crippen LogP contribution is 2.21. The van der Waals surface area contributed by atoms with Crippen LogP contribution in [0.4, 0.5) is 0 Å². The second kappa shape index (κ2) is 27.2. The first-order valence-electron chi connectivity index (χ1n) is 18.1. The molecule has 0 N–H and O–H groups in total. The van der Waals surface area contributed by atoms with Crippen molar-refractivity contribution in [1.29, 1.82) is 0 Å². The second-order valence-electron chi connectivity index (χ2n) is 12.9. The van der Waals surface area contributed by atoms with Gasteiger partial charge in [-0.15, -0.1) is 0 Å². The van der Waals surface area contributed by atoms with Crippen molar-refractivity contribution in [3.8, 4) is 0 Å². The van der Waals surface area contributed by atoms with E-state index in [4.69, 9.17) is 18.2 Å². The predicted octanol–water partition coefficient (Wildman–Crippen LogP) is 8.55. The van der Waals surface area contributed by atoms with Gasteiger partial charge in [0.05, 0.1) is 39.3 Å². The van der Waals surface area contributed by atoms with Gasteiger partial charge in [0.15, 0.2) is 0 Å². The first kappa shape index (κ1) is 44.2. The minimum absolute atomic E-state index is 1.22. The highest BCUT2D eigenvalue weighted by Gasteiger charge is 2.27. The van der Waals surface area contributed by atoms with Crippen LogP contribution >= 0.6 is 0 Å². The number of nitrogens with zero attached hydrogens (tertiary/aromatic N) is 2. The summed E-state index contributed by atoms with van der Waals surface area (Å²) in [6, 6.07) is 22.2. The van der Waals surface area contributed by atoms with Gasteiger partial charge in [0.25, 0.3) is 0 Å². The smallest absolute Gasteiger partial charge is 0.208 e. The average molecular weight is 665 g/mol. The number of rotatable bonds is 23. The molecule has 0 amide bonds. The van der Waals surface area contributed by atoms with E-state index in [2.05, 4.69) is 107 Å². The molecule has 46 heavy (non-hydrogen) atoms. The summed E-state index contributed by atoms with van der Waals surface area (Å²) in [7, 11) is -4.97. The Kier molecular flexibility index (Phi) is 26.1. The van der Waals surface area contributed by atoms with Crippen molar-refractivity contribution >= 4 is 10.4 Å². The largest absolute Gasteiger partial charge is 0.726 e. The fraction of sp³-hybridized carbons (Fsp3) is 0.684. The molecule has 0 heterocycles. The lowest BCUT2D eigenvalue weighted by Crippen LogP contribution is -2.49. The van der Waals surface area contributed by atoms with E-state index < -0.39 is 10.4 Å². The standard InChI is InChI=1S/2C19H34N.H2O5S/c2*1-4-7-15-20(16-8-5-2,17-9-6-3)18-19-13-11-10-12-14-19;1-5-6(2,3)4/h2*10-14H,4-9,15-18H2,1-3H3;1H,(H,2,3,4)/q2*+1;/p-2. The maximum absolute atomic E-state index is 8.91. The van der Waals surface area contributed by atoms with Gasteiger partial charge in [-0.3, -0.25) is 0 Å². The molecule has 7 nitrogen and oxygen atoms in total. The predicted molar refractivity (Wildman–Crippen MR) is 190 cm³/mol. The first-order chi connectivity index (χ1) is 22.1. The Balaban J connectivity index is 0.000000749. The fourth-order valence-corrected chi connectivity index (χ4v) is 6.05. The molecule has 2 rings (SSSR count). The van der Waals surface area contributed by atoms with E-state index in [0.717, 1.165) is 0 Å². The first-order valence-corrected chi connectivity index (χ1v) is 19.5. The van der Waals surface area contributed by atoms with Gasteiger partial charge < -0.3 is 23.1 Å². The molecule has 0 fully saturated rings. The molecule has 0 aliphatic carbocycles. The monoisotopic (exact) mass is 664 g/mol. The summed E-state index contributed by atoms with van der Waals surface area (Å²) in [5.74, 6) is 0. The van der Waals surface area contributed by atoms with Gasteiger partial charge >= 0.3 is 0 Å². The average Bonchev–Trinajstić information content (AvgIpc) is 3.07. The highest BCUT2D eigenvalue weighted by atomic mass is 32.3. The van der Waals surface area contributed by atoms with Crippen LogP contribution < -0.4 is 5.26 Å². The third-order valence-electron chi connectivity index (χ3n) is 8.72. The molecule has 0 saturated carbocycles. The van der Waals surface area contributed by atoms with Crippen LogP contribution in [0.25, 0.3) is 0 Å². The number of benzene rings is 2. The van der Waals surface area contributed by atoms with Crippen LogP contribution in [0.1, 0.15) is 130 Å². The van der Waals surface area contributed by atoms with E-state index in [9.17, 15) is 0 Å². The maximum atomic E-state index is 8.91. The van der Waals surface area contributed by atoms with Gasteiger partial charge in [-0.25, -0.2) is 8.42 Å². The van der Waals surface area contributed by atoms with Crippen molar-refractivity contribution in [3.05, 3.63) is 71.8 Å². The van der Waals surface area contributed by atoms with E-state index in [0.29, 0.717) is 0 Å². The van der Waals surface area contributed by atoms with Crippen LogP contribution in [0, 0.1) is 0 Å². The van der Waals surface area contributed by atoms with E-state index in [1.165, 1.54) is 150 Å². The zero-order valence-electron chi connectivity index (χ0n) is 30.3. The Morgan fingerprint density at radius 3 is 0.891 bits per heavy atom. The molecule has 266 valence electrons. The zero-order chi connectivity index (χ0) is 34.6. The van der Waals surface area contributed by atoms with Gasteiger partial charge in [0.1, 0.15) is 13.1 Å². The van der Waals surface area contributed by atoms with Crippen molar-refractivity contribution in [2.45, 2.75) is 132 Å². The molecule has 0 aliphatic heterocycles. The lowest BCUT2D eigenvalue weighted by atomic mass is 10.1. The SMILES string of the molecule is CCCC[N+](CCCC)(CCCC)Cc1ccccc1.CCCC[N+](CCCC)(CCCC)Cc1ccccc1.O=S(=O)([O-])O[O-]. The highest BCUT2D eigenvalue weighted by molar-refractivity contribution is 7.80. The van der Waals surface area contributed by atoms with Gasteiger partial charge in [-0.2, -0.15) is 0 Å². The van der Waals surface area contributed by atoms with Gasteiger partial charge in [0, 0.05) is 11.1 Å². The van der Waals surface area contributed by atoms with Crippen LogP contribution in [-0.4, -0.2) is 61.2 Å². The summed E-state index contributed by atoms with van der Waals surface area (Å²) in [5, 5.41) is 8.55. The van der Waals surface area contributed by atoms with Crippen LogP contribution in [0.5, 0.6) is 0 Å². The molecule has 2 aromatic rings. The molecule has 0 bridgehead atoms. The molecule has 0 unspecified atom stereocenters. The summed E-state index contributed by atoms with van der Waals surface area (Å²) >= 11 is 0. The van der Waals surface area contributed by atoms with Crippen LogP contribution in [0.3, 0.4) is 0 Å². The zero-order valence-corrected chi connectivity index (χ0v) is 31.1. The quantitative estimate of drug-likeness (QED) is 0.0391. The van der Waals surface area contributed by atoms with Crippen LogP contribution in [0.2, 0.25) is 0 Å². The number of unbranched alkanes of at least 4 members (excludes halogenated alkanes) is 6. The van der Waals surface area contributed by atoms with E-state index in [1.807, 2.05) is 0 Å². The van der Waals surface area contributed by atoms with Crippen molar-refractivity contribution in [1.82, 2.24) is 0 Å².